The number of rotatable bonds is 4. The fourth-order valence-corrected chi connectivity index (χ4v) is 3.27. The third-order valence-electron chi connectivity index (χ3n) is 3.96. The van der Waals surface area contributed by atoms with Crippen molar-refractivity contribution in [1.29, 1.82) is 0 Å². The van der Waals surface area contributed by atoms with Gasteiger partial charge in [0.25, 0.3) is 0 Å². The Morgan fingerprint density at radius 1 is 1.53 bits per heavy atom. The van der Waals surface area contributed by atoms with Gasteiger partial charge in [-0.05, 0) is 56.5 Å². The number of aliphatic hydroxyl groups is 1. The Kier molecular flexibility index (Phi) is 3.97. The molecular formula is C12H22O2S. The molecule has 0 radical (unpaired) electrons. The van der Waals surface area contributed by atoms with Gasteiger partial charge in [0.2, 0.25) is 0 Å². The lowest BCUT2D eigenvalue weighted by molar-refractivity contribution is -0.156. The second-order valence-corrected chi connectivity index (χ2v) is 5.97. The van der Waals surface area contributed by atoms with Crippen molar-refractivity contribution in [2.24, 2.45) is 5.92 Å². The predicted octanol–water partition coefficient (Wildman–Crippen LogP) is 2.45. The van der Waals surface area contributed by atoms with Crippen molar-refractivity contribution in [3.63, 3.8) is 0 Å². The molecule has 0 aromatic rings. The van der Waals surface area contributed by atoms with Crippen LogP contribution in [0, 0.1) is 5.92 Å². The van der Waals surface area contributed by atoms with Crippen LogP contribution in [0.15, 0.2) is 0 Å². The van der Waals surface area contributed by atoms with Crippen LogP contribution >= 0.6 is 11.8 Å². The molecule has 15 heavy (non-hydrogen) atoms. The van der Waals surface area contributed by atoms with E-state index in [1.165, 1.54) is 19.3 Å². The molecule has 2 fully saturated rings. The van der Waals surface area contributed by atoms with Crippen LogP contribution in [0.1, 0.15) is 38.5 Å². The average molecular weight is 230 g/mol. The van der Waals surface area contributed by atoms with Gasteiger partial charge < -0.3 is 9.84 Å². The molecule has 0 aromatic heterocycles. The maximum atomic E-state index is 10.1. The van der Waals surface area contributed by atoms with Gasteiger partial charge in [0, 0.05) is 6.61 Å². The largest absolute Gasteiger partial charge is 0.393 e. The Morgan fingerprint density at radius 2 is 2.33 bits per heavy atom. The molecule has 0 aromatic carbocycles. The maximum absolute atomic E-state index is 10.1. The zero-order valence-corrected chi connectivity index (χ0v) is 10.4. The zero-order chi connectivity index (χ0) is 10.7. The lowest BCUT2D eigenvalue weighted by atomic mass is 9.70. The van der Waals surface area contributed by atoms with Gasteiger partial charge in [-0.1, -0.05) is 0 Å². The molecule has 2 rings (SSSR count). The lowest BCUT2D eigenvalue weighted by Crippen LogP contribution is -2.47. The van der Waals surface area contributed by atoms with Crippen molar-refractivity contribution in [1.82, 2.24) is 0 Å². The highest BCUT2D eigenvalue weighted by atomic mass is 32.2. The first-order valence-electron chi connectivity index (χ1n) is 6.07. The minimum Gasteiger partial charge on any atom is -0.393 e. The monoisotopic (exact) mass is 230 g/mol. The molecule has 2 aliphatic rings. The van der Waals surface area contributed by atoms with Crippen LogP contribution in [-0.2, 0) is 4.74 Å². The molecule has 1 saturated heterocycles. The summed E-state index contributed by atoms with van der Waals surface area (Å²) >= 11 is 1.82. The number of hydrogen-bond donors (Lipinski definition) is 1. The van der Waals surface area contributed by atoms with E-state index < -0.39 is 0 Å². The molecule has 2 unspecified atom stereocenters. The minimum atomic E-state index is -0.0983. The van der Waals surface area contributed by atoms with E-state index in [4.69, 9.17) is 4.74 Å². The molecule has 3 heteroatoms. The highest BCUT2D eigenvalue weighted by Gasteiger charge is 2.43. The number of thioether (sulfide) groups is 1. The van der Waals surface area contributed by atoms with Gasteiger partial charge >= 0.3 is 0 Å². The molecule has 1 aliphatic heterocycles. The van der Waals surface area contributed by atoms with E-state index >= 15 is 0 Å². The summed E-state index contributed by atoms with van der Waals surface area (Å²) in [5.41, 5.74) is 0.184. The van der Waals surface area contributed by atoms with E-state index in [2.05, 4.69) is 6.26 Å². The lowest BCUT2D eigenvalue weighted by Gasteiger charge is -2.48. The van der Waals surface area contributed by atoms with Crippen LogP contribution in [0.3, 0.4) is 0 Å². The molecule has 2 atom stereocenters. The molecule has 88 valence electrons. The third-order valence-corrected chi connectivity index (χ3v) is 4.60. The second-order valence-electron chi connectivity index (χ2n) is 4.99. The normalized spacial score (nSPS) is 31.2. The van der Waals surface area contributed by atoms with Crippen LogP contribution in [0.5, 0.6) is 0 Å². The van der Waals surface area contributed by atoms with Gasteiger partial charge in [-0.3, -0.25) is 0 Å². The topological polar surface area (TPSA) is 29.5 Å². The van der Waals surface area contributed by atoms with E-state index in [9.17, 15) is 5.11 Å². The van der Waals surface area contributed by atoms with Crippen molar-refractivity contribution in [2.45, 2.75) is 50.2 Å². The van der Waals surface area contributed by atoms with Crippen molar-refractivity contribution >= 4 is 11.8 Å². The summed E-state index contributed by atoms with van der Waals surface area (Å²) in [6.45, 7) is 0.862. The van der Waals surface area contributed by atoms with E-state index in [0.717, 1.165) is 31.6 Å². The molecule has 1 heterocycles. The number of aliphatic hydroxyl groups excluding tert-OH is 1. The Morgan fingerprint density at radius 3 is 2.93 bits per heavy atom. The Balaban J connectivity index is 1.81. The Labute approximate surface area is 96.8 Å². The Hall–Kier alpha value is 0.270. The fraction of sp³-hybridized carbons (Fsp3) is 1.00. The van der Waals surface area contributed by atoms with Gasteiger partial charge in [-0.25, -0.2) is 0 Å². The van der Waals surface area contributed by atoms with E-state index in [1.54, 1.807) is 0 Å². The van der Waals surface area contributed by atoms with Crippen LogP contribution in [0.4, 0.5) is 0 Å². The first-order valence-corrected chi connectivity index (χ1v) is 7.46. The summed E-state index contributed by atoms with van der Waals surface area (Å²) in [6, 6.07) is 0. The van der Waals surface area contributed by atoms with Gasteiger partial charge in [0.05, 0.1) is 11.7 Å². The summed E-state index contributed by atoms with van der Waals surface area (Å²) in [7, 11) is 0. The smallest absolute Gasteiger partial charge is 0.0686 e. The van der Waals surface area contributed by atoms with E-state index in [1.807, 2.05) is 11.8 Å². The number of ether oxygens (including phenoxy) is 1. The molecular weight excluding hydrogens is 208 g/mol. The van der Waals surface area contributed by atoms with Crippen LogP contribution in [0.2, 0.25) is 0 Å². The molecule has 1 N–H and O–H groups in total. The highest BCUT2D eigenvalue weighted by molar-refractivity contribution is 7.98. The third kappa shape index (κ3) is 2.69. The zero-order valence-electron chi connectivity index (χ0n) is 9.58. The summed E-state index contributed by atoms with van der Waals surface area (Å²) in [5.74, 6) is 1.57. The fourth-order valence-electron chi connectivity index (χ4n) is 2.79. The summed E-state index contributed by atoms with van der Waals surface area (Å²) in [5, 5.41) is 10.1. The quantitative estimate of drug-likeness (QED) is 0.804. The van der Waals surface area contributed by atoms with E-state index in [0.29, 0.717) is 5.92 Å². The standard InChI is InChI=1S/C12H22O2S/c1-15-8-4-11(13)10-3-7-14-12(9-10)5-2-6-12/h10-11,13H,2-9H2,1H3. The van der Waals surface area contributed by atoms with Gasteiger partial charge in [-0.15, -0.1) is 0 Å². The van der Waals surface area contributed by atoms with E-state index in [-0.39, 0.29) is 11.7 Å². The van der Waals surface area contributed by atoms with Crippen LogP contribution in [0.25, 0.3) is 0 Å². The van der Waals surface area contributed by atoms with Gasteiger partial charge in [0.1, 0.15) is 0 Å². The van der Waals surface area contributed by atoms with Crippen molar-refractivity contribution in [3.8, 4) is 0 Å². The SMILES string of the molecule is CSCCC(O)C1CCOC2(CCC2)C1. The number of hydrogen-bond acceptors (Lipinski definition) is 3. The van der Waals surface area contributed by atoms with Crippen molar-refractivity contribution in [3.05, 3.63) is 0 Å². The molecule has 0 bridgehead atoms. The maximum Gasteiger partial charge on any atom is 0.0686 e. The average Bonchev–Trinajstić information content (AvgIpc) is 2.24. The summed E-state index contributed by atoms with van der Waals surface area (Å²) in [4.78, 5) is 0. The van der Waals surface area contributed by atoms with Crippen LogP contribution in [-0.4, -0.2) is 35.4 Å². The van der Waals surface area contributed by atoms with Gasteiger partial charge in [0.15, 0.2) is 0 Å². The first-order chi connectivity index (χ1) is 7.26. The van der Waals surface area contributed by atoms with Crippen molar-refractivity contribution < 1.29 is 9.84 Å². The molecule has 1 saturated carbocycles. The molecule has 1 spiro atoms. The second kappa shape index (κ2) is 5.07. The first kappa shape index (κ1) is 11.7. The summed E-state index contributed by atoms with van der Waals surface area (Å²) in [6.07, 6.45) is 8.86. The van der Waals surface area contributed by atoms with Gasteiger partial charge in [-0.2, -0.15) is 11.8 Å². The predicted molar refractivity (Wildman–Crippen MR) is 64.3 cm³/mol. The molecule has 0 amide bonds. The Bertz CT molecular complexity index is 204. The summed E-state index contributed by atoms with van der Waals surface area (Å²) < 4.78 is 5.87. The highest BCUT2D eigenvalue weighted by Crippen LogP contribution is 2.45. The molecule has 1 aliphatic carbocycles. The minimum absolute atomic E-state index is 0.0983. The van der Waals surface area contributed by atoms with Crippen LogP contribution < -0.4 is 0 Å². The van der Waals surface area contributed by atoms with Crippen molar-refractivity contribution in [2.75, 3.05) is 18.6 Å². The molecule has 2 nitrogen and oxygen atoms in total.